The first kappa shape index (κ1) is 16.6. The van der Waals surface area contributed by atoms with E-state index in [2.05, 4.69) is 27.8 Å². The lowest BCUT2D eigenvalue weighted by atomic mass is 9.86. The van der Waals surface area contributed by atoms with Crippen LogP contribution in [-0.2, 0) is 9.53 Å². The fourth-order valence-corrected chi connectivity index (χ4v) is 3.31. The Hall–Kier alpha value is -2.28. The van der Waals surface area contributed by atoms with Gasteiger partial charge in [0, 0.05) is 6.04 Å². The van der Waals surface area contributed by atoms with Crippen molar-refractivity contribution in [2.45, 2.75) is 44.7 Å². The van der Waals surface area contributed by atoms with Crippen LogP contribution in [-0.4, -0.2) is 39.3 Å². The van der Waals surface area contributed by atoms with Crippen LogP contribution >= 0.6 is 0 Å². The summed E-state index contributed by atoms with van der Waals surface area (Å²) in [5, 5.41) is 15.7. The minimum Gasteiger partial charge on any atom is -0.469 e. The van der Waals surface area contributed by atoms with Gasteiger partial charge in [0.2, 0.25) is 0 Å². The number of rotatable bonds is 5. The normalized spacial score (nSPS) is 22.1. The Bertz CT molecular complexity index is 665. The summed E-state index contributed by atoms with van der Waals surface area (Å²) < 4.78 is 6.60. The molecule has 1 aromatic heterocycles. The maximum Gasteiger partial charge on any atom is 0.308 e. The van der Waals surface area contributed by atoms with Crippen molar-refractivity contribution in [3.63, 3.8) is 0 Å². The first-order chi connectivity index (χ1) is 11.7. The molecule has 1 N–H and O–H groups in total. The Balaban J connectivity index is 1.62. The molecular formula is C17H23N5O2. The van der Waals surface area contributed by atoms with E-state index in [0.717, 1.165) is 37.2 Å². The average Bonchev–Trinajstić information content (AvgIpc) is 3.12. The van der Waals surface area contributed by atoms with Gasteiger partial charge < -0.3 is 10.1 Å². The van der Waals surface area contributed by atoms with Gasteiger partial charge in [-0.15, -0.1) is 5.10 Å². The summed E-state index contributed by atoms with van der Waals surface area (Å²) in [7, 11) is 1.46. The molecule has 0 bridgehead atoms. The van der Waals surface area contributed by atoms with E-state index >= 15 is 0 Å². The number of hydrogen-bond acceptors (Lipinski definition) is 6. The van der Waals surface area contributed by atoms with E-state index in [9.17, 15) is 4.79 Å². The third kappa shape index (κ3) is 3.62. The number of carbonyl (C=O) groups is 1. The van der Waals surface area contributed by atoms with Crippen LogP contribution in [0.3, 0.4) is 0 Å². The first-order valence-electron chi connectivity index (χ1n) is 8.36. The zero-order valence-electron chi connectivity index (χ0n) is 14.1. The van der Waals surface area contributed by atoms with Gasteiger partial charge >= 0.3 is 5.97 Å². The maximum atomic E-state index is 11.6. The highest BCUT2D eigenvalue weighted by Gasteiger charge is 2.28. The minimum atomic E-state index is -0.0884. The molecule has 1 atom stereocenters. The van der Waals surface area contributed by atoms with Gasteiger partial charge in [0.25, 0.3) is 0 Å². The lowest BCUT2D eigenvalue weighted by Crippen LogP contribution is -2.37. The summed E-state index contributed by atoms with van der Waals surface area (Å²) in [4.78, 5) is 11.6. The molecule has 0 radical (unpaired) electrons. The number of methoxy groups -OCH3 is 1. The van der Waals surface area contributed by atoms with Crippen molar-refractivity contribution in [2.75, 3.05) is 7.11 Å². The predicted molar refractivity (Wildman–Crippen MR) is 88.5 cm³/mol. The summed E-state index contributed by atoms with van der Waals surface area (Å²) >= 11 is 0. The molecule has 0 amide bonds. The number of hydrogen-bond donors (Lipinski definition) is 1. The molecule has 128 valence electrons. The SMILES string of the molecule is COC(=O)C1CCC(N[C@H](C)c2nnnn2-c2ccccc2)CC1. The Morgan fingerprint density at radius 2 is 1.96 bits per heavy atom. The zero-order valence-corrected chi connectivity index (χ0v) is 14.1. The van der Waals surface area contributed by atoms with E-state index in [-0.39, 0.29) is 17.9 Å². The number of nitrogens with one attached hydrogen (secondary N) is 1. The second-order valence-corrected chi connectivity index (χ2v) is 6.24. The lowest BCUT2D eigenvalue weighted by Gasteiger charge is -2.29. The number of para-hydroxylation sites is 1. The van der Waals surface area contributed by atoms with Crippen molar-refractivity contribution in [1.82, 2.24) is 25.5 Å². The van der Waals surface area contributed by atoms with Crippen molar-refractivity contribution < 1.29 is 9.53 Å². The van der Waals surface area contributed by atoms with Crippen LogP contribution in [0.5, 0.6) is 0 Å². The highest BCUT2D eigenvalue weighted by atomic mass is 16.5. The van der Waals surface area contributed by atoms with E-state index in [1.54, 1.807) is 4.68 Å². The van der Waals surface area contributed by atoms with E-state index in [4.69, 9.17) is 4.74 Å². The standard InChI is InChI=1S/C17H23N5O2/c1-12(18-14-10-8-13(9-11-14)17(23)24-2)16-19-20-21-22(16)15-6-4-3-5-7-15/h3-7,12-14,18H,8-11H2,1-2H3/t12-,13?,14?/m1/s1. The second-order valence-electron chi connectivity index (χ2n) is 6.24. The minimum absolute atomic E-state index is 0.0277. The summed E-state index contributed by atoms with van der Waals surface area (Å²) in [5.41, 5.74) is 0.945. The molecule has 1 saturated carbocycles. The molecule has 1 aliphatic carbocycles. The van der Waals surface area contributed by atoms with Gasteiger partial charge in [-0.3, -0.25) is 4.79 Å². The monoisotopic (exact) mass is 329 g/mol. The molecule has 0 saturated heterocycles. The number of esters is 1. The Morgan fingerprint density at radius 1 is 1.25 bits per heavy atom. The fourth-order valence-electron chi connectivity index (χ4n) is 3.31. The number of tetrazole rings is 1. The third-order valence-corrected chi connectivity index (χ3v) is 4.63. The van der Waals surface area contributed by atoms with Gasteiger partial charge in [-0.05, 0) is 55.2 Å². The molecule has 7 heteroatoms. The third-order valence-electron chi connectivity index (χ3n) is 4.63. The molecule has 1 fully saturated rings. The second kappa shape index (κ2) is 7.53. The smallest absolute Gasteiger partial charge is 0.308 e. The van der Waals surface area contributed by atoms with Crippen molar-refractivity contribution in [3.05, 3.63) is 36.2 Å². The largest absolute Gasteiger partial charge is 0.469 e. The lowest BCUT2D eigenvalue weighted by molar-refractivity contribution is -0.146. The van der Waals surface area contributed by atoms with Gasteiger partial charge in [0.05, 0.1) is 24.8 Å². The van der Waals surface area contributed by atoms with Crippen molar-refractivity contribution in [3.8, 4) is 5.69 Å². The van der Waals surface area contributed by atoms with E-state index in [1.807, 2.05) is 30.3 Å². The Labute approximate surface area is 141 Å². The van der Waals surface area contributed by atoms with Crippen LogP contribution < -0.4 is 5.32 Å². The molecule has 3 rings (SSSR count). The van der Waals surface area contributed by atoms with Gasteiger partial charge in [0.15, 0.2) is 5.82 Å². The topological polar surface area (TPSA) is 81.9 Å². The molecule has 0 spiro atoms. The Kier molecular flexibility index (Phi) is 5.20. The number of nitrogens with zero attached hydrogens (tertiary/aromatic N) is 4. The van der Waals surface area contributed by atoms with Crippen molar-refractivity contribution in [1.29, 1.82) is 0 Å². The average molecular weight is 329 g/mol. The summed E-state index contributed by atoms with van der Waals surface area (Å²) in [6.07, 6.45) is 3.63. The summed E-state index contributed by atoms with van der Waals surface area (Å²) in [5.74, 6) is 0.740. The first-order valence-corrected chi connectivity index (χ1v) is 8.36. The van der Waals surface area contributed by atoms with Crippen LogP contribution in [0, 0.1) is 5.92 Å². The molecule has 7 nitrogen and oxygen atoms in total. The Morgan fingerprint density at radius 3 is 2.62 bits per heavy atom. The summed E-state index contributed by atoms with van der Waals surface area (Å²) in [6, 6.07) is 10.2. The van der Waals surface area contributed by atoms with Gasteiger partial charge in [-0.1, -0.05) is 18.2 Å². The molecule has 1 aliphatic rings. The van der Waals surface area contributed by atoms with Crippen LogP contribution in [0.2, 0.25) is 0 Å². The van der Waals surface area contributed by atoms with E-state index < -0.39 is 0 Å². The van der Waals surface area contributed by atoms with Gasteiger partial charge in [-0.2, -0.15) is 4.68 Å². The summed E-state index contributed by atoms with van der Waals surface area (Å²) in [6.45, 7) is 2.07. The molecule has 2 aromatic rings. The number of carbonyl (C=O) groups excluding carboxylic acids is 1. The van der Waals surface area contributed by atoms with Crippen molar-refractivity contribution >= 4 is 5.97 Å². The number of aromatic nitrogens is 4. The quantitative estimate of drug-likeness (QED) is 0.846. The highest BCUT2D eigenvalue weighted by Crippen LogP contribution is 2.27. The van der Waals surface area contributed by atoms with Crippen LogP contribution in [0.15, 0.2) is 30.3 Å². The zero-order chi connectivity index (χ0) is 16.9. The predicted octanol–water partition coefficient (Wildman–Crippen LogP) is 2.04. The fraction of sp³-hybridized carbons (Fsp3) is 0.529. The molecule has 0 unspecified atom stereocenters. The highest BCUT2D eigenvalue weighted by molar-refractivity contribution is 5.72. The number of ether oxygens (including phenoxy) is 1. The maximum absolute atomic E-state index is 11.6. The molecule has 1 aromatic carbocycles. The van der Waals surface area contributed by atoms with Gasteiger partial charge in [0.1, 0.15) is 0 Å². The van der Waals surface area contributed by atoms with E-state index in [1.165, 1.54) is 7.11 Å². The van der Waals surface area contributed by atoms with Crippen LogP contribution in [0.4, 0.5) is 0 Å². The molecule has 0 aliphatic heterocycles. The van der Waals surface area contributed by atoms with Crippen molar-refractivity contribution in [2.24, 2.45) is 5.92 Å². The van der Waals surface area contributed by atoms with Gasteiger partial charge in [-0.25, -0.2) is 0 Å². The molecule has 1 heterocycles. The van der Waals surface area contributed by atoms with E-state index in [0.29, 0.717) is 6.04 Å². The van der Waals surface area contributed by atoms with Crippen LogP contribution in [0.1, 0.15) is 44.5 Å². The molecular weight excluding hydrogens is 306 g/mol. The van der Waals surface area contributed by atoms with Crippen LogP contribution in [0.25, 0.3) is 5.69 Å². The number of benzene rings is 1. The molecule has 24 heavy (non-hydrogen) atoms.